The van der Waals surface area contributed by atoms with Gasteiger partial charge in [0, 0.05) is 33.7 Å². The van der Waals surface area contributed by atoms with Gasteiger partial charge in [-0.05, 0) is 40.8 Å². The Morgan fingerprint density at radius 1 is 1.19 bits per heavy atom. The topological polar surface area (TPSA) is 17.8 Å². The quantitative estimate of drug-likeness (QED) is 0.446. The molecule has 6 heteroatoms. The fourth-order valence-corrected chi connectivity index (χ4v) is 3.00. The second-order valence-corrected chi connectivity index (χ2v) is 6.16. The van der Waals surface area contributed by atoms with Crippen molar-refractivity contribution in [2.24, 2.45) is 0 Å². The minimum Gasteiger partial charge on any atom is -0.296 e. The molecule has 3 aromatic rings. The van der Waals surface area contributed by atoms with E-state index in [1.165, 1.54) is 6.07 Å². The van der Waals surface area contributed by atoms with E-state index in [-0.39, 0.29) is 5.52 Å². The summed E-state index contributed by atoms with van der Waals surface area (Å²) in [5.41, 5.74) is 1.39. The Morgan fingerprint density at radius 3 is 2.71 bits per heavy atom. The van der Waals surface area contributed by atoms with Gasteiger partial charge in [-0.25, -0.2) is 13.8 Å². The molecule has 2 nitrogen and oxygen atoms in total. The Bertz CT molecular complexity index is 817. The number of fused-ring (bicyclic) bond motifs is 1. The standard InChI is InChI=1S/C15H10ClF2IN2/c16-5-4-14-20-15-12(18)6-9(17)7-13(15)21(14)11-3-1-2-10(19)8-11/h1-3,6-8H,4-5H2. The van der Waals surface area contributed by atoms with Crippen LogP contribution in [0.4, 0.5) is 8.78 Å². The Kier molecular flexibility index (Phi) is 4.12. The summed E-state index contributed by atoms with van der Waals surface area (Å²) in [5.74, 6) is -0.307. The number of aromatic nitrogens is 2. The Labute approximate surface area is 138 Å². The van der Waals surface area contributed by atoms with Crippen LogP contribution in [0.15, 0.2) is 36.4 Å². The smallest absolute Gasteiger partial charge is 0.153 e. The average molecular weight is 419 g/mol. The lowest BCUT2D eigenvalue weighted by atomic mass is 10.2. The highest BCUT2D eigenvalue weighted by atomic mass is 127. The first-order chi connectivity index (χ1) is 10.1. The van der Waals surface area contributed by atoms with Crippen LogP contribution in [-0.4, -0.2) is 15.4 Å². The van der Waals surface area contributed by atoms with Gasteiger partial charge in [0.25, 0.3) is 0 Å². The molecular weight excluding hydrogens is 409 g/mol. The summed E-state index contributed by atoms with van der Waals surface area (Å²) < 4.78 is 30.3. The molecule has 1 heterocycles. The molecule has 0 amide bonds. The Morgan fingerprint density at radius 2 is 2.00 bits per heavy atom. The number of hydrogen-bond donors (Lipinski definition) is 0. The van der Waals surface area contributed by atoms with Crippen molar-refractivity contribution in [3.8, 4) is 5.69 Å². The molecular formula is C15H10ClF2IN2. The van der Waals surface area contributed by atoms with Gasteiger partial charge in [0.15, 0.2) is 5.82 Å². The summed E-state index contributed by atoms with van der Waals surface area (Å²) in [6.45, 7) is 0. The van der Waals surface area contributed by atoms with E-state index in [9.17, 15) is 8.78 Å². The van der Waals surface area contributed by atoms with Crippen LogP contribution in [0.2, 0.25) is 0 Å². The highest BCUT2D eigenvalue weighted by Gasteiger charge is 2.16. The predicted molar refractivity (Wildman–Crippen MR) is 88.1 cm³/mol. The van der Waals surface area contributed by atoms with Crippen molar-refractivity contribution in [2.75, 3.05) is 5.88 Å². The molecule has 0 N–H and O–H groups in total. The molecule has 0 aliphatic carbocycles. The molecule has 108 valence electrons. The zero-order chi connectivity index (χ0) is 15.0. The maximum Gasteiger partial charge on any atom is 0.153 e. The summed E-state index contributed by atoms with van der Waals surface area (Å²) in [6.07, 6.45) is 0.475. The van der Waals surface area contributed by atoms with E-state index in [4.69, 9.17) is 11.6 Å². The molecule has 2 aromatic carbocycles. The average Bonchev–Trinajstić information content (AvgIpc) is 2.77. The Hall–Kier alpha value is -1.21. The van der Waals surface area contributed by atoms with Gasteiger partial charge < -0.3 is 0 Å². The number of halogens is 4. The predicted octanol–water partition coefficient (Wildman–Crippen LogP) is 4.69. The molecule has 0 unspecified atom stereocenters. The summed E-state index contributed by atoms with van der Waals surface area (Å²) in [5, 5.41) is 0. The van der Waals surface area contributed by atoms with Crippen LogP contribution in [0.3, 0.4) is 0 Å². The first-order valence-electron chi connectivity index (χ1n) is 6.28. The fourth-order valence-electron chi connectivity index (χ4n) is 2.31. The molecule has 21 heavy (non-hydrogen) atoms. The van der Waals surface area contributed by atoms with Gasteiger partial charge in [0.1, 0.15) is 17.2 Å². The second kappa shape index (κ2) is 5.88. The van der Waals surface area contributed by atoms with Crippen LogP contribution in [0.5, 0.6) is 0 Å². The number of nitrogens with zero attached hydrogens (tertiary/aromatic N) is 2. The second-order valence-electron chi connectivity index (χ2n) is 4.54. The first-order valence-corrected chi connectivity index (χ1v) is 7.90. The third-order valence-corrected chi connectivity index (χ3v) is 3.99. The molecule has 1 aromatic heterocycles. The van der Waals surface area contributed by atoms with Crippen molar-refractivity contribution >= 4 is 45.2 Å². The summed E-state index contributed by atoms with van der Waals surface area (Å²) in [7, 11) is 0. The van der Waals surface area contributed by atoms with E-state index in [0.29, 0.717) is 23.6 Å². The van der Waals surface area contributed by atoms with Crippen molar-refractivity contribution in [1.82, 2.24) is 9.55 Å². The van der Waals surface area contributed by atoms with Crippen molar-refractivity contribution in [2.45, 2.75) is 6.42 Å². The number of imidazole rings is 1. The zero-order valence-corrected chi connectivity index (χ0v) is 13.7. The van der Waals surface area contributed by atoms with Crippen LogP contribution >= 0.6 is 34.2 Å². The molecule has 0 spiro atoms. The van der Waals surface area contributed by atoms with E-state index in [1.807, 2.05) is 24.3 Å². The normalized spacial score (nSPS) is 11.2. The van der Waals surface area contributed by atoms with E-state index >= 15 is 0 Å². The monoisotopic (exact) mass is 418 g/mol. The van der Waals surface area contributed by atoms with Gasteiger partial charge >= 0.3 is 0 Å². The van der Waals surface area contributed by atoms with Crippen LogP contribution in [0.25, 0.3) is 16.7 Å². The maximum absolute atomic E-state index is 13.9. The number of rotatable bonds is 3. The Balaban J connectivity index is 2.35. The molecule has 0 fully saturated rings. The minimum atomic E-state index is -0.662. The van der Waals surface area contributed by atoms with Gasteiger partial charge in [-0.1, -0.05) is 6.07 Å². The molecule has 0 aliphatic heterocycles. The van der Waals surface area contributed by atoms with E-state index in [1.54, 1.807) is 4.57 Å². The van der Waals surface area contributed by atoms with E-state index in [0.717, 1.165) is 15.3 Å². The molecule has 0 saturated heterocycles. The third-order valence-electron chi connectivity index (χ3n) is 3.13. The molecule has 3 rings (SSSR count). The third kappa shape index (κ3) is 2.76. The lowest BCUT2D eigenvalue weighted by molar-refractivity contribution is 0.590. The van der Waals surface area contributed by atoms with Crippen LogP contribution in [0.1, 0.15) is 5.82 Å². The first kappa shape index (κ1) is 14.7. The highest BCUT2D eigenvalue weighted by Crippen LogP contribution is 2.26. The maximum atomic E-state index is 13.9. The lowest BCUT2D eigenvalue weighted by Crippen LogP contribution is -2.02. The number of benzene rings is 2. The summed E-state index contributed by atoms with van der Waals surface area (Å²) >= 11 is 8.00. The number of alkyl halides is 1. The minimum absolute atomic E-state index is 0.162. The summed E-state index contributed by atoms with van der Waals surface area (Å²) in [6, 6.07) is 9.79. The van der Waals surface area contributed by atoms with Gasteiger partial charge in [-0.3, -0.25) is 4.57 Å². The fraction of sp³-hybridized carbons (Fsp3) is 0.133. The molecule has 0 aliphatic rings. The lowest BCUT2D eigenvalue weighted by Gasteiger charge is -2.09. The largest absolute Gasteiger partial charge is 0.296 e. The van der Waals surface area contributed by atoms with E-state index in [2.05, 4.69) is 27.6 Å². The van der Waals surface area contributed by atoms with Crippen molar-refractivity contribution < 1.29 is 8.78 Å². The van der Waals surface area contributed by atoms with Gasteiger partial charge in [-0.15, -0.1) is 11.6 Å². The zero-order valence-electron chi connectivity index (χ0n) is 10.8. The van der Waals surface area contributed by atoms with Gasteiger partial charge in [0.2, 0.25) is 0 Å². The van der Waals surface area contributed by atoms with Crippen molar-refractivity contribution in [1.29, 1.82) is 0 Å². The van der Waals surface area contributed by atoms with Crippen LogP contribution in [0, 0.1) is 15.2 Å². The molecule has 0 radical (unpaired) electrons. The molecule has 0 bridgehead atoms. The van der Waals surface area contributed by atoms with Gasteiger partial charge in [0.05, 0.1) is 5.52 Å². The van der Waals surface area contributed by atoms with Gasteiger partial charge in [-0.2, -0.15) is 0 Å². The van der Waals surface area contributed by atoms with E-state index < -0.39 is 11.6 Å². The number of aryl methyl sites for hydroxylation is 1. The summed E-state index contributed by atoms with van der Waals surface area (Å²) in [4.78, 5) is 4.28. The van der Waals surface area contributed by atoms with Crippen LogP contribution in [-0.2, 0) is 6.42 Å². The number of hydrogen-bond acceptors (Lipinski definition) is 1. The highest BCUT2D eigenvalue weighted by molar-refractivity contribution is 14.1. The van der Waals surface area contributed by atoms with Crippen molar-refractivity contribution in [3.63, 3.8) is 0 Å². The van der Waals surface area contributed by atoms with Crippen molar-refractivity contribution in [3.05, 3.63) is 57.4 Å². The SMILES string of the molecule is Fc1cc(F)c2nc(CCCl)n(-c3cccc(I)c3)c2c1. The molecule has 0 atom stereocenters. The van der Waals surface area contributed by atoms with Crippen LogP contribution < -0.4 is 0 Å². The molecule has 0 saturated carbocycles.